The Morgan fingerprint density at radius 1 is 0.735 bits per heavy atom. The number of nitrogens with zero attached hydrogens (tertiary/aromatic N) is 2. The number of anilines is 2. The third-order valence-electron chi connectivity index (χ3n) is 7.39. The van der Waals surface area contributed by atoms with Gasteiger partial charge in [0.15, 0.2) is 0 Å². The van der Waals surface area contributed by atoms with Gasteiger partial charge in [0.05, 0.1) is 11.1 Å². The van der Waals surface area contributed by atoms with E-state index in [1.807, 2.05) is 36.4 Å². The van der Waals surface area contributed by atoms with Gasteiger partial charge in [0.1, 0.15) is 11.5 Å². The second kappa shape index (κ2) is 8.32. The van der Waals surface area contributed by atoms with Crippen LogP contribution in [0.4, 0.5) is 11.4 Å². The molecule has 0 saturated carbocycles. The quantitative estimate of drug-likeness (QED) is 0.495. The van der Waals surface area contributed by atoms with Crippen LogP contribution in [0.5, 0.6) is 11.5 Å². The Morgan fingerprint density at radius 3 is 1.74 bits per heavy atom. The third-order valence-corrected chi connectivity index (χ3v) is 7.39. The molecule has 1 N–H and O–H groups in total. The largest absolute Gasteiger partial charge is 0.457 e. The third kappa shape index (κ3) is 2.92. The minimum atomic E-state index is -0.972. The van der Waals surface area contributed by atoms with Crippen molar-refractivity contribution in [2.24, 2.45) is 0 Å². The van der Waals surface area contributed by atoms with Crippen LogP contribution in [0.15, 0.2) is 60.7 Å². The molecule has 0 aromatic heterocycles. The Bertz CT molecular complexity index is 1230. The lowest BCUT2D eigenvalue weighted by Gasteiger charge is -2.39. The molecule has 5 heteroatoms. The number of fused-ring (bicyclic) bond motifs is 6. The van der Waals surface area contributed by atoms with Gasteiger partial charge in [-0.3, -0.25) is 10.2 Å². The van der Waals surface area contributed by atoms with Crippen molar-refractivity contribution in [1.82, 2.24) is 0 Å². The van der Waals surface area contributed by atoms with E-state index < -0.39 is 5.41 Å². The van der Waals surface area contributed by atoms with Crippen LogP contribution in [-0.4, -0.2) is 37.7 Å². The summed E-state index contributed by atoms with van der Waals surface area (Å²) in [6.45, 7) is 12.1. The first-order valence-corrected chi connectivity index (χ1v) is 12.2. The molecule has 1 spiro atoms. The zero-order valence-electron chi connectivity index (χ0n) is 20.3. The fourth-order valence-electron chi connectivity index (χ4n) is 5.65. The van der Waals surface area contributed by atoms with Crippen LogP contribution in [0.1, 0.15) is 54.7 Å². The number of hydrogen-bond acceptors (Lipinski definition) is 5. The second-order valence-corrected chi connectivity index (χ2v) is 8.81. The number of hydrogen-bond donors (Lipinski definition) is 1. The van der Waals surface area contributed by atoms with E-state index >= 15 is 0 Å². The van der Waals surface area contributed by atoms with E-state index in [-0.39, 0.29) is 11.5 Å². The summed E-state index contributed by atoms with van der Waals surface area (Å²) in [4.78, 5) is 17.9. The van der Waals surface area contributed by atoms with Gasteiger partial charge in [0.25, 0.3) is 0 Å². The maximum Gasteiger partial charge on any atom is 0.208 e. The molecule has 0 atom stereocenters. The first-order valence-electron chi connectivity index (χ1n) is 12.2. The number of Topliss-reactive ketones (excluding diaryl/α,β-unsaturated/α-hetero) is 1. The van der Waals surface area contributed by atoms with Crippen LogP contribution in [0.25, 0.3) is 0 Å². The van der Waals surface area contributed by atoms with Gasteiger partial charge < -0.3 is 14.5 Å². The molecule has 34 heavy (non-hydrogen) atoms. The Labute approximate surface area is 201 Å². The van der Waals surface area contributed by atoms with Crippen LogP contribution in [0.3, 0.4) is 0 Å². The lowest BCUT2D eigenvalue weighted by Crippen LogP contribution is -2.39. The van der Waals surface area contributed by atoms with Gasteiger partial charge in [-0.1, -0.05) is 36.4 Å². The first kappa shape index (κ1) is 22.2. The summed E-state index contributed by atoms with van der Waals surface area (Å²) in [5.41, 5.74) is 4.45. The Hall–Kier alpha value is -3.60. The van der Waals surface area contributed by atoms with Gasteiger partial charge in [0, 0.05) is 66.4 Å². The highest BCUT2D eigenvalue weighted by atomic mass is 16.5. The van der Waals surface area contributed by atoms with E-state index in [1.165, 1.54) is 0 Å². The summed E-state index contributed by atoms with van der Waals surface area (Å²) in [5.74, 6) is 1.21. The highest BCUT2D eigenvalue weighted by Gasteiger charge is 2.55. The molecular formula is C29H31N3O2. The number of benzene rings is 3. The summed E-state index contributed by atoms with van der Waals surface area (Å²) in [7, 11) is 0. The van der Waals surface area contributed by atoms with Gasteiger partial charge in [-0.05, 0) is 45.4 Å². The van der Waals surface area contributed by atoms with Crippen LogP contribution in [-0.2, 0) is 5.41 Å². The summed E-state index contributed by atoms with van der Waals surface area (Å²) in [5, 5.41) is 9.14. The van der Waals surface area contributed by atoms with Gasteiger partial charge in [-0.2, -0.15) is 0 Å². The van der Waals surface area contributed by atoms with E-state index in [1.54, 1.807) is 0 Å². The number of ketones is 1. The number of ether oxygens (including phenoxy) is 1. The van der Waals surface area contributed by atoms with Gasteiger partial charge in [-0.25, -0.2) is 0 Å². The summed E-state index contributed by atoms with van der Waals surface area (Å²) in [6, 6.07) is 20.1. The van der Waals surface area contributed by atoms with Crippen molar-refractivity contribution in [2.45, 2.75) is 33.1 Å². The van der Waals surface area contributed by atoms with Crippen molar-refractivity contribution in [3.63, 3.8) is 0 Å². The van der Waals surface area contributed by atoms with Crippen molar-refractivity contribution in [2.75, 3.05) is 36.0 Å². The fourth-order valence-corrected chi connectivity index (χ4v) is 5.65. The zero-order valence-corrected chi connectivity index (χ0v) is 20.3. The topological polar surface area (TPSA) is 56.6 Å². The van der Waals surface area contributed by atoms with E-state index in [2.05, 4.69) is 61.8 Å². The predicted octanol–water partition coefficient (Wildman–Crippen LogP) is 6.04. The Morgan fingerprint density at radius 2 is 1.24 bits per heavy atom. The molecule has 1 aliphatic heterocycles. The Balaban J connectivity index is 1.81. The molecule has 1 aliphatic carbocycles. The van der Waals surface area contributed by atoms with Crippen LogP contribution < -0.4 is 14.5 Å². The molecule has 0 unspecified atom stereocenters. The highest BCUT2D eigenvalue weighted by molar-refractivity contribution is 6.53. The minimum Gasteiger partial charge on any atom is -0.457 e. The molecule has 2 aliphatic rings. The average molecular weight is 454 g/mol. The van der Waals surface area contributed by atoms with Crippen LogP contribution >= 0.6 is 0 Å². The van der Waals surface area contributed by atoms with Crippen LogP contribution in [0.2, 0.25) is 0 Å². The normalized spacial score (nSPS) is 14.9. The standard InChI is InChI=1S/C29H31N3O2/c1-5-31(6-2)19-13-15-23-25(17-19)34-26-18-20(32(7-3)8-4)14-16-24(26)29(23)22-12-10-9-11-21(22)27(33)28(29)30/h9-18,30H,5-8H2,1-4H3. The van der Waals surface area contributed by atoms with Crippen LogP contribution in [0, 0.1) is 5.41 Å². The second-order valence-electron chi connectivity index (χ2n) is 8.81. The smallest absolute Gasteiger partial charge is 0.208 e. The molecule has 1 heterocycles. The van der Waals surface area contributed by atoms with Crippen molar-refractivity contribution < 1.29 is 9.53 Å². The molecule has 5 nitrogen and oxygen atoms in total. The SMILES string of the molecule is CCN(CC)c1ccc2c(c1)Oc1cc(N(CC)CC)ccc1C21C(=N)C(=O)c2ccccc21. The number of carbonyl (C=O) groups is 1. The molecule has 3 aromatic carbocycles. The summed E-state index contributed by atoms with van der Waals surface area (Å²) < 4.78 is 6.56. The van der Waals surface area contributed by atoms with Crippen molar-refractivity contribution in [1.29, 1.82) is 5.41 Å². The lowest BCUT2D eigenvalue weighted by molar-refractivity contribution is 0.106. The highest BCUT2D eigenvalue weighted by Crippen LogP contribution is 2.57. The van der Waals surface area contributed by atoms with Gasteiger partial charge in [0.2, 0.25) is 5.78 Å². The molecular weight excluding hydrogens is 422 g/mol. The average Bonchev–Trinajstić information content (AvgIpc) is 3.08. The fraction of sp³-hybridized carbons (Fsp3) is 0.310. The molecule has 5 rings (SSSR count). The molecule has 0 fully saturated rings. The number of nitrogens with one attached hydrogen (secondary N) is 1. The maximum atomic E-state index is 13.3. The molecule has 0 saturated heterocycles. The van der Waals surface area contributed by atoms with Gasteiger partial charge in [-0.15, -0.1) is 0 Å². The van der Waals surface area contributed by atoms with E-state index in [0.717, 1.165) is 54.2 Å². The minimum absolute atomic E-state index is 0.0886. The molecule has 174 valence electrons. The molecule has 3 aromatic rings. The van der Waals surface area contributed by atoms with Gasteiger partial charge >= 0.3 is 0 Å². The molecule has 0 amide bonds. The van der Waals surface area contributed by atoms with Crippen molar-refractivity contribution >= 4 is 22.9 Å². The number of carbonyl (C=O) groups excluding carboxylic acids is 1. The maximum absolute atomic E-state index is 13.3. The predicted molar refractivity (Wildman–Crippen MR) is 138 cm³/mol. The summed E-state index contributed by atoms with van der Waals surface area (Å²) >= 11 is 0. The van der Waals surface area contributed by atoms with E-state index in [9.17, 15) is 4.79 Å². The molecule has 0 radical (unpaired) electrons. The lowest BCUT2D eigenvalue weighted by atomic mass is 9.67. The first-order chi connectivity index (χ1) is 16.5. The van der Waals surface area contributed by atoms with E-state index in [0.29, 0.717) is 17.1 Å². The van der Waals surface area contributed by atoms with Crippen molar-refractivity contribution in [3.05, 3.63) is 82.9 Å². The Kier molecular flexibility index (Phi) is 5.43. The molecule has 0 bridgehead atoms. The zero-order chi connectivity index (χ0) is 24.0. The number of rotatable bonds is 6. The monoisotopic (exact) mass is 453 g/mol. The van der Waals surface area contributed by atoms with E-state index in [4.69, 9.17) is 10.1 Å². The van der Waals surface area contributed by atoms with Crippen molar-refractivity contribution in [3.8, 4) is 11.5 Å². The summed E-state index contributed by atoms with van der Waals surface area (Å²) in [6.07, 6.45) is 0.